The molecule has 0 spiro atoms. The highest BCUT2D eigenvalue weighted by Gasteiger charge is 2.37. The van der Waals surface area contributed by atoms with E-state index in [0.29, 0.717) is 5.92 Å². The normalized spacial score (nSPS) is 28.2. The predicted molar refractivity (Wildman–Crippen MR) is 85.5 cm³/mol. The Kier molecular flexibility index (Phi) is 3.51. The first-order valence-corrected chi connectivity index (χ1v) is 8.18. The molecular weight excluding hydrogens is 274 g/mol. The summed E-state index contributed by atoms with van der Waals surface area (Å²) < 4.78 is 1.87. The molecule has 1 fully saturated rings. The Bertz CT molecular complexity index is 666. The van der Waals surface area contributed by atoms with Crippen molar-refractivity contribution in [1.82, 2.24) is 14.7 Å². The molecule has 0 radical (unpaired) electrons. The standard InChI is InChI=1S/C18H23N3O/c1-20-11-14(10-19-20)8-13-6-7-21(12-13)17-9-15-4-2-3-5-16(15)18(17)22/h2-5,10-11,13,17-18,22H,6-9,12H2,1H3. The average molecular weight is 297 g/mol. The third kappa shape index (κ3) is 2.46. The summed E-state index contributed by atoms with van der Waals surface area (Å²) in [5.41, 5.74) is 3.77. The van der Waals surface area contributed by atoms with Gasteiger partial charge in [-0.1, -0.05) is 24.3 Å². The van der Waals surface area contributed by atoms with Gasteiger partial charge in [0.05, 0.1) is 12.3 Å². The Morgan fingerprint density at radius 1 is 1.32 bits per heavy atom. The lowest BCUT2D eigenvalue weighted by molar-refractivity contribution is 0.0727. The van der Waals surface area contributed by atoms with Gasteiger partial charge in [0, 0.05) is 25.8 Å². The number of aliphatic hydroxyl groups is 1. The Hall–Kier alpha value is -1.65. The number of nitrogens with zero attached hydrogens (tertiary/aromatic N) is 3. The van der Waals surface area contributed by atoms with Crippen LogP contribution in [0.4, 0.5) is 0 Å². The van der Waals surface area contributed by atoms with Crippen molar-refractivity contribution < 1.29 is 5.11 Å². The van der Waals surface area contributed by atoms with Crippen LogP contribution in [0.1, 0.15) is 29.2 Å². The van der Waals surface area contributed by atoms with Crippen molar-refractivity contribution >= 4 is 0 Å². The first kappa shape index (κ1) is 14.0. The van der Waals surface area contributed by atoms with E-state index >= 15 is 0 Å². The van der Waals surface area contributed by atoms with Crippen LogP contribution in [0.5, 0.6) is 0 Å². The Morgan fingerprint density at radius 2 is 2.18 bits per heavy atom. The van der Waals surface area contributed by atoms with Crippen LogP contribution in [-0.2, 0) is 19.9 Å². The number of hydrogen-bond acceptors (Lipinski definition) is 3. The van der Waals surface area contributed by atoms with Crippen LogP contribution in [0.15, 0.2) is 36.7 Å². The van der Waals surface area contributed by atoms with E-state index in [1.54, 1.807) is 0 Å². The molecule has 3 unspecified atom stereocenters. The second kappa shape index (κ2) is 5.52. The molecule has 0 bridgehead atoms. The maximum absolute atomic E-state index is 10.6. The van der Waals surface area contributed by atoms with Crippen molar-refractivity contribution in [2.24, 2.45) is 13.0 Å². The van der Waals surface area contributed by atoms with E-state index in [-0.39, 0.29) is 12.1 Å². The minimum absolute atomic E-state index is 0.260. The van der Waals surface area contributed by atoms with Gasteiger partial charge in [0.1, 0.15) is 0 Å². The summed E-state index contributed by atoms with van der Waals surface area (Å²) in [5.74, 6) is 0.681. The number of hydrogen-bond donors (Lipinski definition) is 1. The molecule has 1 aliphatic carbocycles. The van der Waals surface area contributed by atoms with Gasteiger partial charge in [-0.15, -0.1) is 0 Å². The van der Waals surface area contributed by atoms with Crippen molar-refractivity contribution in [3.8, 4) is 0 Å². The molecule has 4 nitrogen and oxygen atoms in total. The third-order valence-corrected chi connectivity index (χ3v) is 5.24. The van der Waals surface area contributed by atoms with Crippen molar-refractivity contribution in [1.29, 1.82) is 0 Å². The zero-order valence-corrected chi connectivity index (χ0v) is 13.0. The van der Waals surface area contributed by atoms with Gasteiger partial charge in [0.15, 0.2) is 0 Å². The molecule has 0 amide bonds. The molecule has 4 rings (SSSR count). The average Bonchev–Trinajstić information content (AvgIpc) is 3.21. The van der Waals surface area contributed by atoms with Gasteiger partial charge in [-0.25, -0.2) is 0 Å². The molecule has 1 aliphatic heterocycles. The number of aryl methyl sites for hydroxylation is 1. The van der Waals surface area contributed by atoms with Gasteiger partial charge in [-0.05, 0) is 48.4 Å². The molecule has 1 aromatic carbocycles. The van der Waals surface area contributed by atoms with Gasteiger partial charge in [-0.3, -0.25) is 9.58 Å². The van der Waals surface area contributed by atoms with Crippen LogP contribution in [0, 0.1) is 5.92 Å². The van der Waals surface area contributed by atoms with Crippen molar-refractivity contribution in [2.45, 2.75) is 31.4 Å². The zero-order valence-electron chi connectivity index (χ0n) is 13.0. The van der Waals surface area contributed by atoms with E-state index in [2.05, 4.69) is 34.4 Å². The van der Waals surface area contributed by atoms with Crippen LogP contribution in [0.3, 0.4) is 0 Å². The summed E-state index contributed by atoms with van der Waals surface area (Å²) in [6.07, 6.45) is 7.06. The highest BCUT2D eigenvalue weighted by atomic mass is 16.3. The number of fused-ring (bicyclic) bond motifs is 1. The molecule has 2 heterocycles. The highest BCUT2D eigenvalue weighted by Crippen LogP contribution is 2.36. The van der Waals surface area contributed by atoms with E-state index in [1.165, 1.54) is 17.5 Å². The quantitative estimate of drug-likeness (QED) is 0.941. The number of likely N-dealkylation sites (tertiary alicyclic amines) is 1. The fourth-order valence-corrected chi connectivity index (χ4v) is 4.12. The molecule has 116 valence electrons. The summed E-state index contributed by atoms with van der Waals surface area (Å²) in [4.78, 5) is 2.49. The second-order valence-electron chi connectivity index (χ2n) is 6.79. The van der Waals surface area contributed by atoms with Crippen LogP contribution in [0.25, 0.3) is 0 Å². The second-order valence-corrected chi connectivity index (χ2v) is 6.79. The van der Waals surface area contributed by atoms with Gasteiger partial charge >= 0.3 is 0 Å². The Morgan fingerprint density at radius 3 is 2.95 bits per heavy atom. The first-order chi connectivity index (χ1) is 10.7. The van der Waals surface area contributed by atoms with Crippen LogP contribution < -0.4 is 0 Å². The summed E-state index contributed by atoms with van der Waals surface area (Å²) in [7, 11) is 1.97. The molecule has 1 saturated heterocycles. The largest absolute Gasteiger partial charge is 0.387 e. The van der Waals surface area contributed by atoms with Crippen molar-refractivity contribution in [3.05, 3.63) is 53.3 Å². The summed E-state index contributed by atoms with van der Waals surface area (Å²) >= 11 is 0. The number of aromatic nitrogens is 2. The lowest BCUT2D eigenvalue weighted by Crippen LogP contribution is -2.36. The third-order valence-electron chi connectivity index (χ3n) is 5.24. The van der Waals surface area contributed by atoms with E-state index in [1.807, 2.05) is 24.0 Å². The smallest absolute Gasteiger partial charge is 0.0951 e. The monoisotopic (exact) mass is 297 g/mol. The fraction of sp³-hybridized carbons (Fsp3) is 0.500. The van der Waals surface area contributed by atoms with Crippen LogP contribution in [-0.4, -0.2) is 38.9 Å². The van der Waals surface area contributed by atoms with Gasteiger partial charge in [0.2, 0.25) is 0 Å². The Balaban J connectivity index is 1.41. The van der Waals surface area contributed by atoms with Gasteiger partial charge in [0.25, 0.3) is 0 Å². The molecule has 0 saturated carbocycles. The molecule has 2 aromatic rings. The number of benzene rings is 1. The van der Waals surface area contributed by atoms with E-state index < -0.39 is 0 Å². The zero-order chi connectivity index (χ0) is 15.1. The van der Waals surface area contributed by atoms with E-state index in [4.69, 9.17) is 0 Å². The number of aliphatic hydroxyl groups excluding tert-OH is 1. The van der Waals surface area contributed by atoms with Gasteiger partial charge in [-0.2, -0.15) is 5.10 Å². The van der Waals surface area contributed by atoms with E-state index in [9.17, 15) is 5.11 Å². The van der Waals surface area contributed by atoms with Gasteiger partial charge < -0.3 is 5.11 Å². The maximum atomic E-state index is 10.6. The summed E-state index contributed by atoms with van der Waals surface area (Å²) in [5, 5.41) is 14.9. The molecule has 2 aliphatic rings. The van der Waals surface area contributed by atoms with Crippen LogP contribution in [0.2, 0.25) is 0 Å². The fourth-order valence-electron chi connectivity index (χ4n) is 4.12. The molecule has 1 aromatic heterocycles. The molecule has 3 atom stereocenters. The predicted octanol–water partition coefficient (Wildman–Crippen LogP) is 1.94. The minimum atomic E-state index is -0.326. The molecule has 4 heteroatoms. The molecular formula is C18H23N3O. The lowest BCUT2D eigenvalue weighted by atomic mass is 10.0. The van der Waals surface area contributed by atoms with E-state index in [0.717, 1.165) is 31.5 Å². The first-order valence-electron chi connectivity index (χ1n) is 8.18. The Labute approximate surface area is 131 Å². The van der Waals surface area contributed by atoms with Crippen molar-refractivity contribution in [3.63, 3.8) is 0 Å². The summed E-state index contributed by atoms with van der Waals surface area (Å²) in [6.45, 7) is 2.19. The van der Waals surface area contributed by atoms with Crippen LogP contribution >= 0.6 is 0 Å². The number of rotatable bonds is 3. The molecule has 1 N–H and O–H groups in total. The topological polar surface area (TPSA) is 41.3 Å². The SMILES string of the molecule is Cn1cc(CC2CCN(C3Cc4ccccc4C3O)C2)cn1. The van der Waals surface area contributed by atoms with Crippen molar-refractivity contribution in [2.75, 3.05) is 13.1 Å². The maximum Gasteiger partial charge on any atom is 0.0951 e. The highest BCUT2D eigenvalue weighted by molar-refractivity contribution is 5.36. The minimum Gasteiger partial charge on any atom is -0.387 e. The molecule has 22 heavy (non-hydrogen) atoms. The summed E-state index contributed by atoms with van der Waals surface area (Å²) in [6, 6.07) is 8.59. The lowest BCUT2D eigenvalue weighted by Gasteiger charge is -2.27.